The van der Waals surface area contributed by atoms with Crippen LogP contribution in [0.5, 0.6) is 0 Å². The summed E-state index contributed by atoms with van der Waals surface area (Å²) in [5.41, 5.74) is 1.42. The zero-order chi connectivity index (χ0) is 17.1. The van der Waals surface area contributed by atoms with Crippen molar-refractivity contribution in [3.63, 3.8) is 0 Å². The fraction of sp³-hybridized carbons (Fsp3) is 0.714. The monoisotopic (exact) mass is 344 g/mol. The van der Waals surface area contributed by atoms with Crippen molar-refractivity contribution in [2.24, 2.45) is 11.8 Å². The number of likely N-dealkylation sites (tertiary alicyclic amines) is 1. The number of methoxy groups -OCH3 is 1. The van der Waals surface area contributed by atoms with E-state index in [-0.39, 0.29) is 5.60 Å². The molecule has 0 unspecified atom stereocenters. The molecule has 0 amide bonds. The molecule has 25 heavy (non-hydrogen) atoms. The number of fused-ring (bicyclic) bond motifs is 1. The highest BCUT2D eigenvalue weighted by Crippen LogP contribution is 2.39. The maximum Gasteiger partial charge on any atom is 0.0846 e. The van der Waals surface area contributed by atoms with Crippen molar-refractivity contribution in [3.8, 4) is 0 Å². The minimum absolute atomic E-state index is 0.0152. The van der Waals surface area contributed by atoms with Crippen molar-refractivity contribution >= 4 is 0 Å². The van der Waals surface area contributed by atoms with E-state index < -0.39 is 0 Å². The van der Waals surface area contributed by atoms with Crippen molar-refractivity contribution in [1.29, 1.82) is 0 Å². The molecule has 1 saturated carbocycles. The molecule has 3 aliphatic rings. The molecule has 1 N–H and O–H groups in total. The fourth-order valence-electron chi connectivity index (χ4n) is 5.10. The Morgan fingerprint density at radius 1 is 1.16 bits per heavy atom. The highest BCUT2D eigenvalue weighted by Gasteiger charge is 2.43. The van der Waals surface area contributed by atoms with Crippen molar-refractivity contribution in [3.05, 3.63) is 35.9 Å². The van der Waals surface area contributed by atoms with Gasteiger partial charge in [0.15, 0.2) is 0 Å². The Morgan fingerprint density at radius 3 is 2.72 bits per heavy atom. The summed E-state index contributed by atoms with van der Waals surface area (Å²) in [7, 11) is 1.86. The standard InChI is InChI=1S/C21H32N2O2/c1-24-21(9-11-25-12-10-21)16-22-20-8-7-18-14-23(15-19(18)20)13-17-5-3-2-4-6-17/h2-6,18-20,22H,7-16H2,1H3/t18-,19-,20+/m0/s1. The van der Waals surface area contributed by atoms with Gasteiger partial charge in [-0.05, 0) is 30.2 Å². The van der Waals surface area contributed by atoms with E-state index in [0.717, 1.165) is 51.0 Å². The summed E-state index contributed by atoms with van der Waals surface area (Å²) < 4.78 is 11.4. The van der Waals surface area contributed by atoms with Gasteiger partial charge in [-0.1, -0.05) is 30.3 Å². The third-order valence-electron chi connectivity index (χ3n) is 6.70. The lowest BCUT2D eigenvalue weighted by Gasteiger charge is -2.37. The van der Waals surface area contributed by atoms with Gasteiger partial charge in [0.1, 0.15) is 0 Å². The lowest BCUT2D eigenvalue weighted by atomic mass is 9.92. The van der Waals surface area contributed by atoms with E-state index in [1.54, 1.807) is 0 Å². The average Bonchev–Trinajstić information content (AvgIpc) is 3.22. The predicted octanol–water partition coefficient (Wildman–Crippen LogP) is 2.68. The summed E-state index contributed by atoms with van der Waals surface area (Å²) in [5.74, 6) is 1.67. The number of nitrogens with one attached hydrogen (secondary N) is 1. The normalized spacial score (nSPS) is 32.0. The average molecular weight is 344 g/mol. The first-order valence-electron chi connectivity index (χ1n) is 9.91. The summed E-state index contributed by atoms with van der Waals surface area (Å²) in [4.78, 5) is 2.65. The fourth-order valence-corrected chi connectivity index (χ4v) is 5.10. The first-order valence-corrected chi connectivity index (χ1v) is 9.91. The SMILES string of the molecule is COC1(CN[C@@H]2CC[C@H]3CN(Cc4ccccc4)C[C@@H]32)CCOCC1. The predicted molar refractivity (Wildman–Crippen MR) is 99.5 cm³/mol. The molecule has 1 aromatic rings. The molecule has 2 saturated heterocycles. The second-order valence-corrected chi connectivity index (χ2v) is 8.17. The van der Waals surface area contributed by atoms with Crippen LogP contribution in [0, 0.1) is 11.8 Å². The summed E-state index contributed by atoms with van der Waals surface area (Å²) in [6, 6.07) is 11.5. The molecular formula is C21H32N2O2. The number of hydrogen-bond donors (Lipinski definition) is 1. The van der Waals surface area contributed by atoms with E-state index in [2.05, 4.69) is 40.5 Å². The van der Waals surface area contributed by atoms with Crippen molar-refractivity contribution in [2.45, 2.75) is 43.9 Å². The molecule has 4 heteroatoms. The van der Waals surface area contributed by atoms with Crippen molar-refractivity contribution in [1.82, 2.24) is 10.2 Å². The second kappa shape index (κ2) is 7.75. The third-order valence-corrected chi connectivity index (χ3v) is 6.70. The van der Waals surface area contributed by atoms with Crippen LogP contribution in [0.4, 0.5) is 0 Å². The minimum atomic E-state index is -0.0152. The number of rotatable bonds is 6. The van der Waals surface area contributed by atoms with Crippen LogP contribution >= 0.6 is 0 Å². The number of nitrogens with zero attached hydrogens (tertiary/aromatic N) is 1. The Labute approximate surface area is 151 Å². The third kappa shape index (κ3) is 3.92. The molecule has 0 radical (unpaired) electrons. The van der Waals surface area contributed by atoms with Crippen molar-refractivity contribution in [2.75, 3.05) is 40.0 Å². The molecule has 1 aromatic carbocycles. The highest BCUT2D eigenvalue weighted by molar-refractivity contribution is 5.15. The number of ether oxygens (including phenoxy) is 2. The Morgan fingerprint density at radius 2 is 1.96 bits per heavy atom. The molecule has 2 heterocycles. The van der Waals surface area contributed by atoms with E-state index in [1.165, 1.54) is 31.5 Å². The number of benzene rings is 1. The van der Waals surface area contributed by atoms with Gasteiger partial charge in [0.2, 0.25) is 0 Å². The van der Waals surface area contributed by atoms with Gasteiger partial charge in [0.25, 0.3) is 0 Å². The lowest BCUT2D eigenvalue weighted by molar-refractivity contribution is -0.0890. The molecule has 0 aromatic heterocycles. The smallest absolute Gasteiger partial charge is 0.0846 e. The molecular weight excluding hydrogens is 312 g/mol. The quantitative estimate of drug-likeness (QED) is 0.860. The molecule has 4 rings (SSSR count). The van der Waals surface area contributed by atoms with Gasteiger partial charge in [-0.3, -0.25) is 4.90 Å². The molecule has 3 atom stereocenters. The highest BCUT2D eigenvalue weighted by atomic mass is 16.5. The van der Waals surface area contributed by atoms with Crippen LogP contribution in [0.1, 0.15) is 31.2 Å². The van der Waals surface area contributed by atoms with Crippen LogP contribution in [-0.2, 0) is 16.0 Å². The Hall–Kier alpha value is -0.940. The van der Waals surface area contributed by atoms with Crippen molar-refractivity contribution < 1.29 is 9.47 Å². The summed E-state index contributed by atoms with van der Waals surface area (Å²) >= 11 is 0. The topological polar surface area (TPSA) is 33.7 Å². The summed E-state index contributed by atoms with van der Waals surface area (Å²) in [6.45, 7) is 6.23. The first-order chi connectivity index (χ1) is 12.3. The Kier molecular flexibility index (Phi) is 5.41. The largest absolute Gasteiger partial charge is 0.381 e. The van der Waals surface area contributed by atoms with Gasteiger partial charge in [-0.25, -0.2) is 0 Å². The molecule has 138 valence electrons. The van der Waals surface area contributed by atoms with Gasteiger partial charge in [0.05, 0.1) is 5.60 Å². The molecule has 1 aliphatic carbocycles. The minimum Gasteiger partial charge on any atom is -0.381 e. The van der Waals surface area contributed by atoms with Crippen LogP contribution in [0.25, 0.3) is 0 Å². The maximum absolute atomic E-state index is 5.90. The molecule has 4 nitrogen and oxygen atoms in total. The summed E-state index contributed by atoms with van der Waals surface area (Å²) in [6.07, 6.45) is 4.72. The summed E-state index contributed by atoms with van der Waals surface area (Å²) in [5, 5.41) is 3.89. The van der Waals surface area contributed by atoms with E-state index in [0.29, 0.717) is 6.04 Å². The van der Waals surface area contributed by atoms with Gasteiger partial charge in [0, 0.05) is 65.4 Å². The zero-order valence-corrected chi connectivity index (χ0v) is 15.5. The van der Waals surface area contributed by atoms with E-state index >= 15 is 0 Å². The van der Waals surface area contributed by atoms with Crippen LogP contribution < -0.4 is 5.32 Å². The lowest BCUT2D eigenvalue weighted by Crippen LogP contribution is -2.50. The number of hydrogen-bond acceptors (Lipinski definition) is 4. The first kappa shape index (κ1) is 17.5. The zero-order valence-electron chi connectivity index (χ0n) is 15.5. The Bertz CT molecular complexity index is 544. The molecule has 3 fully saturated rings. The van der Waals surface area contributed by atoms with Crippen LogP contribution in [-0.4, -0.2) is 56.5 Å². The van der Waals surface area contributed by atoms with Crippen LogP contribution in [0.15, 0.2) is 30.3 Å². The second-order valence-electron chi connectivity index (χ2n) is 8.17. The molecule has 0 spiro atoms. The van der Waals surface area contributed by atoms with Crippen LogP contribution in [0.3, 0.4) is 0 Å². The molecule has 2 aliphatic heterocycles. The van der Waals surface area contributed by atoms with E-state index in [1.807, 2.05) is 7.11 Å². The van der Waals surface area contributed by atoms with Gasteiger partial charge in [-0.15, -0.1) is 0 Å². The maximum atomic E-state index is 5.90. The van der Waals surface area contributed by atoms with Gasteiger partial charge in [-0.2, -0.15) is 0 Å². The van der Waals surface area contributed by atoms with E-state index in [4.69, 9.17) is 9.47 Å². The van der Waals surface area contributed by atoms with Crippen LogP contribution in [0.2, 0.25) is 0 Å². The van der Waals surface area contributed by atoms with Gasteiger partial charge < -0.3 is 14.8 Å². The van der Waals surface area contributed by atoms with E-state index in [9.17, 15) is 0 Å². The molecule has 0 bridgehead atoms. The van der Waals surface area contributed by atoms with Gasteiger partial charge >= 0.3 is 0 Å². The Balaban J connectivity index is 1.31.